The number of likely N-dealkylation sites (N-methyl/N-ethyl adjacent to an activating group) is 1. The fraction of sp³-hybridized carbons (Fsp3) is 0.500. The number of hydrogen-bond donors (Lipinski definition) is 0. The minimum atomic E-state index is -0.151. The number of pyridine rings is 1. The van der Waals surface area contributed by atoms with Gasteiger partial charge in [-0.15, -0.1) is 0 Å². The van der Waals surface area contributed by atoms with E-state index in [-0.39, 0.29) is 11.6 Å². The van der Waals surface area contributed by atoms with Gasteiger partial charge in [-0.2, -0.15) is 0 Å². The Balaban J connectivity index is 1.64. The Hall–Kier alpha value is -0.920. The molecule has 0 N–H and O–H groups in total. The summed E-state index contributed by atoms with van der Waals surface area (Å²) in [4.78, 5) is 6.88. The Morgan fingerprint density at radius 3 is 2.88 bits per heavy atom. The number of benzene rings is 1. The van der Waals surface area contributed by atoms with Gasteiger partial charge in [-0.05, 0) is 47.1 Å². The molecule has 5 nitrogen and oxygen atoms in total. The van der Waals surface area contributed by atoms with Crippen LogP contribution in [0.25, 0.3) is 10.9 Å². The predicted octanol–water partition coefficient (Wildman–Crippen LogP) is 3.78. The average Bonchev–Trinajstić information content (AvgIpc) is 3.11. The third-order valence-corrected chi connectivity index (χ3v) is 6.99. The van der Waals surface area contributed by atoms with Gasteiger partial charge in [0.2, 0.25) is 5.88 Å². The van der Waals surface area contributed by atoms with Crippen LogP contribution < -0.4 is 4.74 Å². The molecule has 0 saturated carbocycles. The van der Waals surface area contributed by atoms with Gasteiger partial charge in [0.25, 0.3) is 0 Å². The zero-order valence-electron chi connectivity index (χ0n) is 14.4. The second-order valence-corrected chi connectivity index (χ2v) is 8.05. The average molecular weight is 428 g/mol. The molecule has 1 fully saturated rings. The monoisotopic (exact) mass is 426 g/mol. The van der Waals surface area contributed by atoms with Gasteiger partial charge in [-0.1, -0.05) is 11.6 Å². The first-order chi connectivity index (χ1) is 12.0. The highest BCUT2D eigenvalue weighted by atomic mass is 79.9. The van der Waals surface area contributed by atoms with Gasteiger partial charge in [-0.25, -0.2) is 4.98 Å². The largest absolute Gasteiger partial charge is 0.476 e. The van der Waals surface area contributed by atoms with Crippen molar-refractivity contribution in [1.82, 2.24) is 9.88 Å². The maximum absolute atomic E-state index is 6.53. The van der Waals surface area contributed by atoms with Crippen molar-refractivity contribution in [2.45, 2.75) is 31.8 Å². The number of fused-ring (bicyclic) bond motifs is 3. The number of likely N-dealkylation sites (tertiary alicyclic amines) is 1. The number of methoxy groups -OCH3 is 1. The van der Waals surface area contributed by atoms with E-state index in [1.807, 2.05) is 12.1 Å². The molecule has 2 aromatic rings. The van der Waals surface area contributed by atoms with E-state index >= 15 is 0 Å². The minimum Gasteiger partial charge on any atom is -0.476 e. The van der Waals surface area contributed by atoms with Crippen molar-refractivity contribution in [3.63, 3.8) is 0 Å². The summed E-state index contributed by atoms with van der Waals surface area (Å²) in [5.41, 5.74) is 2.85. The van der Waals surface area contributed by atoms with E-state index in [1.165, 1.54) is 0 Å². The molecule has 0 radical (unpaired) electrons. The Morgan fingerprint density at radius 1 is 1.40 bits per heavy atom. The van der Waals surface area contributed by atoms with Crippen LogP contribution in [0.5, 0.6) is 5.88 Å². The number of hydrogen-bond acceptors (Lipinski definition) is 5. The molecule has 0 aliphatic carbocycles. The van der Waals surface area contributed by atoms with Crippen LogP contribution in [0.3, 0.4) is 0 Å². The van der Waals surface area contributed by atoms with E-state index in [4.69, 9.17) is 25.8 Å². The van der Waals surface area contributed by atoms with Crippen LogP contribution >= 0.6 is 27.5 Å². The summed E-state index contributed by atoms with van der Waals surface area (Å²) in [7, 11) is 3.81. The second-order valence-electron chi connectivity index (χ2n) is 6.87. The molecule has 0 amide bonds. The summed E-state index contributed by atoms with van der Waals surface area (Å²) in [5.74, 6) is 0.566. The Labute approximate surface area is 160 Å². The van der Waals surface area contributed by atoms with Crippen molar-refractivity contribution < 1.29 is 14.2 Å². The molecule has 0 spiro atoms. The molecule has 1 saturated heterocycles. The zero-order chi connectivity index (χ0) is 17.8. The van der Waals surface area contributed by atoms with Crippen molar-refractivity contribution >= 4 is 38.4 Å². The molecule has 7 heteroatoms. The Morgan fingerprint density at radius 2 is 2.16 bits per heavy atom. The smallest absolute Gasteiger partial charge is 0.213 e. The molecule has 0 bridgehead atoms. The standard InChI is InChI=1S/C18H20BrClN2O3/c1-18(13(23-3)6-22(18)2)9-25-14-5-4-10-11-7-24-8-12(11)15(19)16(20)17(10)21-14/h4-5,13H,6-9H2,1-3H3. The molecule has 2 aliphatic heterocycles. The van der Waals surface area contributed by atoms with E-state index in [9.17, 15) is 0 Å². The normalized spacial score (nSPS) is 25.9. The Kier molecular flexibility index (Phi) is 4.45. The maximum atomic E-state index is 6.53. The van der Waals surface area contributed by atoms with Crippen LogP contribution in [-0.4, -0.2) is 48.8 Å². The highest BCUT2D eigenvalue weighted by Crippen LogP contribution is 2.41. The van der Waals surface area contributed by atoms with Crippen LogP contribution in [0.15, 0.2) is 16.6 Å². The quantitative estimate of drug-likeness (QED) is 0.743. The van der Waals surface area contributed by atoms with E-state index < -0.39 is 0 Å². The van der Waals surface area contributed by atoms with Gasteiger partial charge >= 0.3 is 0 Å². The summed E-state index contributed by atoms with van der Waals surface area (Å²) in [6.45, 7) is 4.72. The van der Waals surface area contributed by atoms with Crippen molar-refractivity contribution in [2.75, 3.05) is 27.3 Å². The molecule has 134 valence electrons. The molecule has 4 rings (SSSR count). The molecular formula is C18H20BrClN2O3. The summed E-state index contributed by atoms with van der Waals surface area (Å²) in [6, 6.07) is 3.92. The molecule has 25 heavy (non-hydrogen) atoms. The number of aromatic nitrogens is 1. The fourth-order valence-corrected chi connectivity index (χ4v) is 4.37. The maximum Gasteiger partial charge on any atom is 0.213 e. The van der Waals surface area contributed by atoms with Crippen molar-refractivity contribution in [1.29, 1.82) is 0 Å². The third-order valence-electron chi connectivity index (χ3n) is 5.52. The van der Waals surface area contributed by atoms with Gasteiger partial charge in [0.1, 0.15) is 6.61 Å². The first-order valence-corrected chi connectivity index (χ1v) is 9.37. The Bertz CT molecular complexity index is 847. The van der Waals surface area contributed by atoms with Crippen LogP contribution in [-0.2, 0) is 22.7 Å². The summed E-state index contributed by atoms with van der Waals surface area (Å²) >= 11 is 10.1. The van der Waals surface area contributed by atoms with E-state index in [2.05, 4.69) is 39.8 Å². The summed E-state index contributed by atoms with van der Waals surface area (Å²) < 4.78 is 18.0. The van der Waals surface area contributed by atoms with E-state index in [0.717, 1.165) is 33.0 Å². The molecule has 2 unspecified atom stereocenters. The molecule has 3 heterocycles. The molecule has 2 aliphatic rings. The highest BCUT2D eigenvalue weighted by Gasteiger charge is 2.49. The summed E-state index contributed by atoms with van der Waals surface area (Å²) in [5, 5.41) is 1.63. The fourth-order valence-electron chi connectivity index (χ4n) is 3.57. The zero-order valence-corrected chi connectivity index (χ0v) is 16.8. The highest BCUT2D eigenvalue weighted by molar-refractivity contribution is 9.10. The molecular weight excluding hydrogens is 408 g/mol. The van der Waals surface area contributed by atoms with Crippen molar-refractivity contribution in [3.05, 3.63) is 32.8 Å². The lowest BCUT2D eigenvalue weighted by molar-refractivity contribution is -0.147. The lowest BCUT2D eigenvalue weighted by Crippen LogP contribution is -2.70. The molecule has 2 atom stereocenters. The van der Waals surface area contributed by atoms with E-state index in [1.54, 1.807) is 7.11 Å². The topological polar surface area (TPSA) is 43.8 Å². The minimum absolute atomic E-state index is 0.151. The van der Waals surface area contributed by atoms with Gasteiger partial charge in [0.05, 0.1) is 35.4 Å². The van der Waals surface area contributed by atoms with Crippen LogP contribution in [0.2, 0.25) is 5.02 Å². The van der Waals surface area contributed by atoms with Gasteiger partial charge in [0.15, 0.2) is 0 Å². The van der Waals surface area contributed by atoms with Gasteiger partial charge in [-0.3, -0.25) is 4.90 Å². The van der Waals surface area contributed by atoms with Gasteiger partial charge < -0.3 is 14.2 Å². The van der Waals surface area contributed by atoms with Gasteiger partial charge in [0, 0.05) is 29.6 Å². The lowest BCUT2D eigenvalue weighted by atomic mass is 9.85. The van der Waals surface area contributed by atoms with Crippen molar-refractivity contribution in [3.8, 4) is 5.88 Å². The third kappa shape index (κ3) is 2.66. The van der Waals surface area contributed by atoms with E-state index in [0.29, 0.717) is 30.7 Å². The van der Waals surface area contributed by atoms with Crippen LogP contribution in [0.4, 0.5) is 0 Å². The van der Waals surface area contributed by atoms with Crippen molar-refractivity contribution in [2.24, 2.45) is 0 Å². The summed E-state index contributed by atoms with van der Waals surface area (Å²) in [6.07, 6.45) is 0.163. The number of nitrogens with zero attached hydrogens (tertiary/aromatic N) is 2. The predicted molar refractivity (Wildman–Crippen MR) is 100 cm³/mol. The number of rotatable bonds is 4. The molecule has 1 aromatic carbocycles. The van der Waals surface area contributed by atoms with Crippen LogP contribution in [0, 0.1) is 0 Å². The lowest BCUT2D eigenvalue weighted by Gasteiger charge is -2.53. The SMILES string of the molecule is COC1CN(C)C1(C)COc1ccc2c3c(c(Br)c(Cl)c2n1)COC3. The van der Waals surface area contributed by atoms with Crippen LogP contribution in [0.1, 0.15) is 18.1 Å². The first kappa shape index (κ1) is 17.5. The molecule has 1 aromatic heterocycles. The second kappa shape index (κ2) is 6.35. The number of halogens is 2. The first-order valence-electron chi connectivity index (χ1n) is 8.19. The number of ether oxygens (including phenoxy) is 3.